The van der Waals surface area contributed by atoms with Crippen LogP contribution in [0.1, 0.15) is 25.7 Å². The summed E-state index contributed by atoms with van der Waals surface area (Å²) in [5, 5.41) is 0. The molecule has 0 radical (unpaired) electrons. The highest BCUT2D eigenvalue weighted by Gasteiger charge is 2.41. The van der Waals surface area contributed by atoms with Gasteiger partial charge in [-0.2, -0.15) is 0 Å². The van der Waals surface area contributed by atoms with E-state index in [2.05, 4.69) is 9.98 Å². The number of amidine groups is 2. The first-order valence-corrected chi connectivity index (χ1v) is 5.42. The summed E-state index contributed by atoms with van der Waals surface area (Å²) in [6.45, 7) is 0. The van der Waals surface area contributed by atoms with Crippen molar-refractivity contribution < 1.29 is 0 Å². The fraction of sp³-hybridized carbons (Fsp3) is 0.800. The van der Waals surface area contributed by atoms with E-state index in [1.54, 1.807) is 0 Å². The van der Waals surface area contributed by atoms with Crippen molar-refractivity contribution in [1.82, 2.24) is 0 Å². The molecule has 0 aromatic heterocycles. The quantitative estimate of drug-likeness (QED) is 0.578. The first-order valence-electron chi connectivity index (χ1n) is 5.42. The molecule has 1 aliphatic carbocycles. The van der Waals surface area contributed by atoms with Crippen LogP contribution in [0.15, 0.2) is 9.98 Å². The molecule has 0 saturated heterocycles. The zero-order chi connectivity index (χ0) is 9.71. The summed E-state index contributed by atoms with van der Waals surface area (Å²) in [4.78, 5) is 9.14. The molecule has 5 heterocycles. The van der Waals surface area contributed by atoms with E-state index >= 15 is 0 Å². The van der Waals surface area contributed by atoms with Gasteiger partial charge in [0.1, 0.15) is 0 Å². The van der Waals surface area contributed by atoms with Crippen LogP contribution in [0.4, 0.5) is 0 Å². The minimum atomic E-state index is 0.316. The van der Waals surface area contributed by atoms with Crippen LogP contribution in [0.5, 0.6) is 0 Å². The van der Waals surface area contributed by atoms with Crippen LogP contribution in [0.25, 0.3) is 0 Å². The predicted octanol–water partition coefficient (Wildman–Crippen LogP) is 0.272. The average molecular weight is 192 g/mol. The highest BCUT2D eigenvalue weighted by molar-refractivity contribution is 5.89. The molecule has 76 valence electrons. The molecule has 0 aromatic carbocycles. The van der Waals surface area contributed by atoms with Gasteiger partial charge in [-0.05, 0) is 25.7 Å². The van der Waals surface area contributed by atoms with Crippen molar-refractivity contribution in [1.29, 1.82) is 0 Å². The van der Waals surface area contributed by atoms with E-state index in [1.807, 2.05) is 0 Å². The molecule has 0 spiro atoms. The Balaban J connectivity index is 2.08. The van der Waals surface area contributed by atoms with Crippen molar-refractivity contribution >= 4 is 11.7 Å². The Hall–Kier alpha value is -1.06. The standard InChI is InChI=1S/C10H16N4/c11-9-5-1-3-7(13-9)6-2-4-8(5)14-10(6)12/h5-8H,1-4H2,(H2,11,13)(H2,12,14). The van der Waals surface area contributed by atoms with E-state index in [9.17, 15) is 0 Å². The van der Waals surface area contributed by atoms with E-state index in [4.69, 9.17) is 11.5 Å². The van der Waals surface area contributed by atoms with Gasteiger partial charge in [0, 0.05) is 11.8 Å². The molecule has 4 bridgehead atoms. The third-order valence-electron chi connectivity index (χ3n) is 3.87. The summed E-state index contributed by atoms with van der Waals surface area (Å²) in [5.41, 5.74) is 11.9. The maximum Gasteiger partial charge on any atom is 0.0993 e. The minimum absolute atomic E-state index is 0.316. The SMILES string of the molecule is NC1=NC2CCC1C1CCC2C(N)=N1. The molecule has 6 aliphatic rings. The smallest absolute Gasteiger partial charge is 0.0993 e. The summed E-state index contributed by atoms with van der Waals surface area (Å²) >= 11 is 0. The topological polar surface area (TPSA) is 76.8 Å². The molecule has 0 aromatic rings. The first kappa shape index (κ1) is 8.26. The lowest BCUT2D eigenvalue weighted by atomic mass is 9.74. The third kappa shape index (κ3) is 0.996. The number of aliphatic imine (C=N–C) groups is 2. The highest BCUT2D eigenvalue weighted by atomic mass is 15.0. The van der Waals surface area contributed by atoms with Gasteiger partial charge in [-0.25, -0.2) is 0 Å². The Morgan fingerprint density at radius 3 is 1.57 bits per heavy atom. The van der Waals surface area contributed by atoms with Crippen molar-refractivity contribution in [3.8, 4) is 0 Å². The van der Waals surface area contributed by atoms with Crippen molar-refractivity contribution in [2.24, 2.45) is 33.3 Å². The lowest BCUT2D eigenvalue weighted by Gasteiger charge is -2.41. The number of hydrogen-bond acceptors (Lipinski definition) is 4. The zero-order valence-electron chi connectivity index (χ0n) is 8.19. The summed E-state index contributed by atoms with van der Waals surface area (Å²) in [6.07, 6.45) is 4.58. The number of nitrogens with zero attached hydrogens (tertiary/aromatic N) is 2. The van der Waals surface area contributed by atoms with Crippen molar-refractivity contribution in [3.05, 3.63) is 0 Å². The van der Waals surface area contributed by atoms with E-state index in [0.29, 0.717) is 23.9 Å². The molecule has 6 rings (SSSR count). The van der Waals surface area contributed by atoms with Crippen LogP contribution >= 0.6 is 0 Å². The second kappa shape index (κ2) is 2.72. The van der Waals surface area contributed by atoms with E-state index in [0.717, 1.165) is 37.4 Å². The second-order valence-electron chi connectivity index (χ2n) is 4.61. The Labute approximate surface area is 83.5 Å². The number of nitrogens with two attached hydrogens (primary N) is 2. The van der Waals surface area contributed by atoms with Crippen LogP contribution in [-0.2, 0) is 0 Å². The normalized spacial score (nSPS) is 45.4. The number of hydrogen-bond donors (Lipinski definition) is 2. The molecule has 4 atom stereocenters. The van der Waals surface area contributed by atoms with Gasteiger partial charge in [0.15, 0.2) is 0 Å². The van der Waals surface area contributed by atoms with Gasteiger partial charge in [-0.3, -0.25) is 9.98 Å². The summed E-state index contributed by atoms with van der Waals surface area (Å²) in [5.74, 6) is 2.39. The number of rotatable bonds is 0. The Kier molecular flexibility index (Phi) is 1.60. The summed E-state index contributed by atoms with van der Waals surface area (Å²) in [7, 11) is 0. The van der Waals surface area contributed by atoms with Gasteiger partial charge in [0.2, 0.25) is 0 Å². The molecule has 4 N–H and O–H groups in total. The predicted molar refractivity (Wildman–Crippen MR) is 56.3 cm³/mol. The minimum Gasteiger partial charge on any atom is -0.387 e. The average Bonchev–Trinajstić information content (AvgIpc) is 2.13. The highest BCUT2D eigenvalue weighted by Crippen LogP contribution is 2.37. The Bertz CT molecular complexity index is 288. The molecule has 4 heteroatoms. The van der Waals surface area contributed by atoms with Crippen LogP contribution in [0, 0.1) is 11.8 Å². The lowest BCUT2D eigenvalue weighted by Crippen LogP contribution is -2.49. The van der Waals surface area contributed by atoms with Gasteiger partial charge in [-0.1, -0.05) is 0 Å². The molecular formula is C10H16N4. The molecule has 1 fully saturated rings. The maximum absolute atomic E-state index is 5.96. The van der Waals surface area contributed by atoms with Crippen LogP contribution < -0.4 is 11.5 Å². The van der Waals surface area contributed by atoms with Gasteiger partial charge in [0.25, 0.3) is 0 Å². The molecule has 14 heavy (non-hydrogen) atoms. The lowest BCUT2D eigenvalue weighted by molar-refractivity contribution is 0.297. The molecule has 0 amide bonds. The first-order chi connectivity index (χ1) is 6.75. The van der Waals surface area contributed by atoms with Crippen LogP contribution in [0.2, 0.25) is 0 Å². The van der Waals surface area contributed by atoms with Crippen molar-refractivity contribution in [2.45, 2.75) is 37.8 Å². The monoisotopic (exact) mass is 192 g/mol. The molecule has 1 saturated carbocycles. The fourth-order valence-corrected chi connectivity index (χ4v) is 3.06. The van der Waals surface area contributed by atoms with E-state index in [-0.39, 0.29) is 0 Å². The van der Waals surface area contributed by atoms with Gasteiger partial charge < -0.3 is 11.5 Å². The second-order valence-corrected chi connectivity index (χ2v) is 4.61. The summed E-state index contributed by atoms with van der Waals surface area (Å²) < 4.78 is 0. The van der Waals surface area contributed by atoms with Crippen LogP contribution in [0.3, 0.4) is 0 Å². The van der Waals surface area contributed by atoms with Crippen molar-refractivity contribution in [3.63, 3.8) is 0 Å². The van der Waals surface area contributed by atoms with E-state index < -0.39 is 0 Å². The van der Waals surface area contributed by atoms with Gasteiger partial charge >= 0.3 is 0 Å². The molecular weight excluding hydrogens is 176 g/mol. The molecule has 4 nitrogen and oxygen atoms in total. The maximum atomic E-state index is 5.96. The van der Waals surface area contributed by atoms with Crippen molar-refractivity contribution in [2.75, 3.05) is 0 Å². The van der Waals surface area contributed by atoms with E-state index in [1.165, 1.54) is 0 Å². The summed E-state index contributed by atoms with van der Waals surface area (Å²) in [6, 6.07) is 0.632. The fourth-order valence-electron chi connectivity index (χ4n) is 3.06. The molecule has 5 aliphatic heterocycles. The Morgan fingerprint density at radius 2 is 1.21 bits per heavy atom. The third-order valence-corrected chi connectivity index (χ3v) is 3.87. The van der Waals surface area contributed by atoms with Gasteiger partial charge in [-0.15, -0.1) is 0 Å². The molecule has 4 unspecified atom stereocenters. The zero-order valence-corrected chi connectivity index (χ0v) is 8.19. The van der Waals surface area contributed by atoms with Crippen LogP contribution in [-0.4, -0.2) is 23.8 Å². The van der Waals surface area contributed by atoms with Gasteiger partial charge in [0.05, 0.1) is 23.8 Å². The largest absolute Gasteiger partial charge is 0.387 e. The Morgan fingerprint density at radius 1 is 0.786 bits per heavy atom.